The fourth-order valence-corrected chi connectivity index (χ4v) is 1.80. The molecule has 0 aromatic heterocycles. The van der Waals surface area contributed by atoms with Gasteiger partial charge < -0.3 is 14.8 Å². The predicted molar refractivity (Wildman–Crippen MR) is 59.1 cm³/mol. The highest BCUT2D eigenvalue weighted by Gasteiger charge is 2.20. The quantitative estimate of drug-likeness (QED) is 0.833. The first kappa shape index (κ1) is 11.4. The molecule has 1 saturated heterocycles. The van der Waals surface area contributed by atoms with Crippen molar-refractivity contribution in [2.45, 2.75) is 19.1 Å². The van der Waals surface area contributed by atoms with E-state index in [0.29, 0.717) is 6.61 Å². The van der Waals surface area contributed by atoms with Gasteiger partial charge in [0, 0.05) is 6.54 Å². The highest BCUT2D eigenvalue weighted by molar-refractivity contribution is 5.31. The lowest BCUT2D eigenvalue weighted by Crippen LogP contribution is -2.39. The van der Waals surface area contributed by atoms with E-state index in [-0.39, 0.29) is 23.7 Å². The van der Waals surface area contributed by atoms with Crippen LogP contribution >= 0.6 is 0 Å². The number of hydrogen-bond acceptors (Lipinski definition) is 3. The maximum absolute atomic E-state index is 13.5. The van der Waals surface area contributed by atoms with Crippen molar-refractivity contribution < 1.29 is 13.9 Å². The van der Waals surface area contributed by atoms with Crippen LogP contribution < -0.4 is 10.1 Å². The summed E-state index contributed by atoms with van der Waals surface area (Å²) in [4.78, 5) is 0. The predicted octanol–water partition coefficient (Wildman–Crippen LogP) is 1.88. The monoisotopic (exact) mass is 225 g/mol. The molecular weight excluding hydrogens is 209 g/mol. The second-order valence-corrected chi connectivity index (χ2v) is 4.00. The van der Waals surface area contributed by atoms with E-state index < -0.39 is 0 Å². The molecule has 16 heavy (non-hydrogen) atoms. The highest BCUT2D eigenvalue weighted by Crippen LogP contribution is 2.23. The van der Waals surface area contributed by atoms with E-state index in [2.05, 4.69) is 5.32 Å². The fraction of sp³-hybridized carbons (Fsp3) is 0.500. The number of ether oxygens (including phenoxy) is 2. The lowest BCUT2D eigenvalue weighted by Gasteiger charge is -2.28. The van der Waals surface area contributed by atoms with E-state index in [9.17, 15) is 4.39 Å². The van der Waals surface area contributed by atoms with Gasteiger partial charge in [-0.3, -0.25) is 0 Å². The number of hydrogen-bond donors (Lipinski definition) is 1. The third-order valence-electron chi connectivity index (χ3n) is 2.78. The van der Waals surface area contributed by atoms with Gasteiger partial charge in [-0.15, -0.1) is 0 Å². The fourth-order valence-electron chi connectivity index (χ4n) is 1.80. The lowest BCUT2D eigenvalue weighted by atomic mass is 10.1. The normalized spacial score (nSPS) is 25.4. The van der Waals surface area contributed by atoms with Crippen molar-refractivity contribution in [3.63, 3.8) is 0 Å². The molecule has 0 spiro atoms. The Morgan fingerprint density at radius 2 is 2.31 bits per heavy atom. The molecule has 1 heterocycles. The maximum Gasteiger partial charge on any atom is 0.165 e. The molecule has 2 rings (SSSR count). The van der Waals surface area contributed by atoms with Gasteiger partial charge >= 0.3 is 0 Å². The zero-order valence-electron chi connectivity index (χ0n) is 9.50. The molecule has 1 aromatic carbocycles. The van der Waals surface area contributed by atoms with Crippen LogP contribution in [0, 0.1) is 5.82 Å². The summed E-state index contributed by atoms with van der Waals surface area (Å²) in [6.07, 6.45) is 0.222. The Labute approximate surface area is 94.6 Å². The minimum absolute atomic E-state index is 0.0663. The summed E-state index contributed by atoms with van der Waals surface area (Å²) in [7, 11) is 1.46. The Balaban J connectivity index is 2.12. The van der Waals surface area contributed by atoms with Crippen LogP contribution in [-0.2, 0) is 4.74 Å². The molecule has 1 aliphatic rings. The first-order valence-electron chi connectivity index (χ1n) is 5.39. The van der Waals surface area contributed by atoms with Crippen molar-refractivity contribution in [2.75, 3.05) is 20.3 Å². The molecule has 0 saturated carbocycles. The van der Waals surface area contributed by atoms with Crippen molar-refractivity contribution in [3.8, 4) is 5.75 Å². The summed E-state index contributed by atoms with van der Waals surface area (Å²) in [5, 5.41) is 3.32. The van der Waals surface area contributed by atoms with Crippen LogP contribution in [0.2, 0.25) is 0 Å². The molecule has 88 valence electrons. The number of benzene rings is 1. The van der Waals surface area contributed by atoms with Gasteiger partial charge in [0.1, 0.15) is 0 Å². The minimum Gasteiger partial charge on any atom is -0.494 e. The van der Waals surface area contributed by atoms with Crippen molar-refractivity contribution in [1.82, 2.24) is 5.32 Å². The average molecular weight is 225 g/mol. The van der Waals surface area contributed by atoms with Gasteiger partial charge in [-0.2, -0.15) is 0 Å². The van der Waals surface area contributed by atoms with E-state index in [4.69, 9.17) is 9.47 Å². The third-order valence-corrected chi connectivity index (χ3v) is 2.78. The molecule has 3 nitrogen and oxygen atoms in total. The van der Waals surface area contributed by atoms with Crippen molar-refractivity contribution >= 4 is 0 Å². The third kappa shape index (κ3) is 2.33. The van der Waals surface area contributed by atoms with Gasteiger partial charge in [-0.25, -0.2) is 4.39 Å². The molecule has 2 unspecified atom stereocenters. The summed E-state index contributed by atoms with van der Waals surface area (Å²) in [6, 6.07) is 5.07. The molecule has 0 aliphatic carbocycles. The summed E-state index contributed by atoms with van der Waals surface area (Å²) in [5.74, 6) is -0.0609. The number of halogens is 1. The number of methoxy groups -OCH3 is 1. The van der Waals surface area contributed by atoms with Crippen LogP contribution in [0.25, 0.3) is 0 Å². The number of morpholine rings is 1. The molecule has 2 atom stereocenters. The van der Waals surface area contributed by atoms with Gasteiger partial charge in [0.25, 0.3) is 0 Å². The van der Waals surface area contributed by atoms with Crippen LogP contribution in [0.1, 0.15) is 18.5 Å². The first-order valence-corrected chi connectivity index (χ1v) is 5.39. The lowest BCUT2D eigenvalue weighted by molar-refractivity contribution is 0.0148. The van der Waals surface area contributed by atoms with E-state index in [1.165, 1.54) is 13.2 Å². The van der Waals surface area contributed by atoms with E-state index in [0.717, 1.165) is 12.1 Å². The zero-order chi connectivity index (χ0) is 11.5. The van der Waals surface area contributed by atoms with E-state index in [1.807, 2.05) is 13.0 Å². The van der Waals surface area contributed by atoms with Crippen LogP contribution in [-0.4, -0.2) is 26.4 Å². The van der Waals surface area contributed by atoms with E-state index >= 15 is 0 Å². The smallest absolute Gasteiger partial charge is 0.165 e. The SMILES string of the molecule is COc1ccc(C2COC(C)CN2)cc1F. The van der Waals surface area contributed by atoms with Crippen LogP contribution in [0.5, 0.6) is 5.75 Å². The second-order valence-electron chi connectivity index (χ2n) is 4.00. The van der Waals surface area contributed by atoms with Crippen molar-refractivity contribution in [1.29, 1.82) is 0 Å². The molecule has 0 radical (unpaired) electrons. The minimum atomic E-state index is -0.333. The van der Waals surface area contributed by atoms with E-state index in [1.54, 1.807) is 6.07 Å². The van der Waals surface area contributed by atoms with Gasteiger partial charge in [0.05, 0.1) is 25.9 Å². The topological polar surface area (TPSA) is 30.5 Å². The summed E-state index contributed by atoms with van der Waals surface area (Å²) in [6.45, 7) is 3.38. The Bertz CT molecular complexity index is 362. The Kier molecular flexibility index (Phi) is 3.41. The van der Waals surface area contributed by atoms with Gasteiger partial charge in [-0.05, 0) is 24.6 Å². The van der Waals surface area contributed by atoms with Crippen LogP contribution in [0.3, 0.4) is 0 Å². The highest BCUT2D eigenvalue weighted by atomic mass is 19.1. The molecule has 1 aromatic rings. The van der Waals surface area contributed by atoms with Crippen molar-refractivity contribution in [2.24, 2.45) is 0 Å². The standard InChI is InChI=1S/C12H16FNO2/c1-8-6-14-11(7-16-8)9-3-4-12(15-2)10(13)5-9/h3-5,8,11,14H,6-7H2,1-2H3. The molecule has 0 amide bonds. The Morgan fingerprint density at radius 3 is 2.88 bits per heavy atom. The van der Waals surface area contributed by atoms with Gasteiger partial charge in [0.2, 0.25) is 0 Å². The zero-order valence-corrected chi connectivity index (χ0v) is 9.50. The van der Waals surface area contributed by atoms with Crippen LogP contribution in [0.4, 0.5) is 4.39 Å². The number of rotatable bonds is 2. The summed E-state index contributed by atoms with van der Waals surface area (Å²) in [5.41, 5.74) is 0.894. The largest absolute Gasteiger partial charge is 0.494 e. The maximum atomic E-state index is 13.5. The Hall–Kier alpha value is -1.13. The molecule has 0 bridgehead atoms. The molecule has 1 N–H and O–H groups in total. The first-order chi connectivity index (χ1) is 7.70. The molecule has 1 fully saturated rings. The average Bonchev–Trinajstić information content (AvgIpc) is 2.30. The van der Waals surface area contributed by atoms with Gasteiger partial charge in [0.15, 0.2) is 11.6 Å². The summed E-state index contributed by atoms with van der Waals surface area (Å²) < 4.78 is 23.9. The molecule has 1 aliphatic heterocycles. The second kappa shape index (κ2) is 4.80. The molecule has 4 heteroatoms. The Morgan fingerprint density at radius 1 is 1.50 bits per heavy atom. The number of nitrogens with one attached hydrogen (secondary N) is 1. The van der Waals surface area contributed by atoms with Crippen molar-refractivity contribution in [3.05, 3.63) is 29.6 Å². The summed E-state index contributed by atoms with van der Waals surface area (Å²) >= 11 is 0. The molecular formula is C12H16FNO2. The van der Waals surface area contributed by atoms with Gasteiger partial charge in [-0.1, -0.05) is 6.07 Å². The van der Waals surface area contributed by atoms with Crippen LogP contribution in [0.15, 0.2) is 18.2 Å².